The third-order valence-electron chi connectivity index (χ3n) is 4.45. The van der Waals surface area contributed by atoms with Gasteiger partial charge in [0.05, 0.1) is 6.54 Å². The first-order chi connectivity index (χ1) is 11.6. The van der Waals surface area contributed by atoms with Gasteiger partial charge in [0.2, 0.25) is 0 Å². The molecular weight excluding hydrogens is 300 g/mol. The lowest BCUT2D eigenvalue weighted by molar-refractivity contribution is 0.239. The van der Waals surface area contributed by atoms with Gasteiger partial charge >= 0.3 is 6.03 Å². The number of nitrogens with zero attached hydrogens (tertiary/aromatic N) is 2. The van der Waals surface area contributed by atoms with Gasteiger partial charge in [-0.15, -0.1) is 0 Å². The summed E-state index contributed by atoms with van der Waals surface area (Å²) < 4.78 is 2.09. The van der Waals surface area contributed by atoms with Crippen LogP contribution in [0.25, 0.3) is 0 Å². The number of carbonyl (C=O) groups is 1. The van der Waals surface area contributed by atoms with Crippen LogP contribution in [0.2, 0.25) is 0 Å². The lowest BCUT2D eigenvalue weighted by atomic mass is 10.1. The van der Waals surface area contributed by atoms with E-state index in [-0.39, 0.29) is 6.03 Å². The molecule has 24 heavy (non-hydrogen) atoms. The first-order valence-electron chi connectivity index (χ1n) is 8.70. The third kappa shape index (κ3) is 4.37. The van der Waals surface area contributed by atoms with E-state index in [4.69, 9.17) is 0 Å². The number of amides is 2. The Morgan fingerprint density at radius 2 is 2.08 bits per heavy atom. The number of rotatable bonds is 7. The molecule has 2 amide bonds. The van der Waals surface area contributed by atoms with Gasteiger partial charge in [-0.05, 0) is 29.7 Å². The summed E-state index contributed by atoms with van der Waals surface area (Å²) in [6.07, 6.45) is 4.90. The Morgan fingerprint density at radius 1 is 1.29 bits per heavy atom. The Morgan fingerprint density at radius 3 is 2.83 bits per heavy atom. The molecule has 0 saturated heterocycles. The van der Waals surface area contributed by atoms with Gasteiger partial charge < -0.3 is 15.2 Å². The van der Waals surface area contributed by atoms with E-state index >= 15 is 0 Å². The normalized spacial score (nSPS) is 19.3. The summed E-state index contributed by atoms with van der Waals surface area (Å²) in [5.41, 5.74) is 1.38. The summed E-state index contributed by atoms with van der Waals surface area (Å²) in [6.45, 7) is 6.44. The lowest BCUT2D eigenvalue weighted by Crippen LogP contribution is -2.37. The smallest absolute Gasteiger partial charge is 0.315 e. The Bertz CT molecular complexity index is 665. The molecule has 5 heteroatoms. The van der Waals surface area contributed by atoms with Crippen LogP contribution in [0.15, 0.2) is 42.7 Å². The van der Waals surface area contributed by atoms with Crippen LogP contribution in [0.3, 0.4) is 0 Å². The molecule has 0 radical (unpaired) electrons. The van der Waals surface area contributed by atoms with E-state index in [1.165, 1.54) is 5.56 Å². The van der Waals surface area contributed by atoms with Crippen LogP contribution in [-0.4, -0.2) is 22.1 Å². The highest BCUT2D eigenvalue weighted by Crippen LogP contribution is 2.46. The maximum Gasteiger partial charge on any atom is 0.315 e. The molecule has 0 aliphatic heterocycles. The van der Waals surface area contributed by atoms with Crippen molar-refractivity contribution in [2.75, 3.05) is 6.54 Å². The van der Waals surface area contributed by atoms with E-state index in [9.17, 15) is 4.79 Å². The largest absolute Gasteiger partial charge is 0.338 e. The number of imidazole rings is 1. The summed E-state index contributed by atoms with van der Waals surface area (Å²) in [5, 5.41) is 5.88. The molecule has 1 aliphatic carbocycles. The molecule has 1 heterocycles. The van der Waals surface area contributed by atoms with Crippen LogP contribution in [-0.2, 0) is 13.1 Å². The SMILES string of the molecule is CC(C)Cn1ccnc1CNC(=O)NC[C@H]1C[C@H]1c1ccccc1. The first-order valence-corrected chi connectivity index (χ1v) is 8.70. The molecule has 1 aromatic carbocycles. The molecule has 0 unspecified atom stereocenters. The van der Waals surface area contributed by atoms with Crippen molar-refractivity contribution in [1.29, 1.82) is 0 Å². The summed E-state index contributed by atoms with van der Waals surface area (Å²) in [5.74, 6) is 2.60. The molecule has 0 spiro atoms. The van der Waals surface area contributed by atoms with Crippen LogP contribution in [0.4, 0.5) is 4.79 Å². The molecule has 0 bridgehead atoms. The fourth-order valence-corrected chi connectivity index (χ4v) is 3.09. The van der Waals surface area contributed by atoms with Gasteiger partial charge in [-0.3, -0.25) is 0 Å². The number of nitrogens with one attached hydrogen (secondary N) is 2. The van der Waals surface area contributed by atoms with Gasteiger partial charge in [0.15, 0.2) is 0 Å². The van der Waals surface area contributed by atoms with Crippen LogP contribution >= 0.6 is 0 Å². The molecule has 1 aromatic heterocycles. The second-order valence-electron chi connectivity index (χ2n) is 6.97. The first kappa shape index (κ1) is 16.6. The van der Waals surface area contributed by atoms with Crippen molar-refractivity contribution in [2.45, 2.75) is 39.3 Å². The molecule has 1 aliphatic rings. The quantitative estimate of drug-likeness (QED) is 0.821. The highest BCUT2D eigenvalue weighted by molar-refractivity contribution is 5.73. The van der Waals surface area contributed by atoms with Gasteiger partial charge in [0.25, 0.3) is 0 Å². The second kappa shape index (κ2) is 7.51. The van der Waals surface area contributed by atoms with Gasteiger partial charge in [0, 0.05) is 25.5 Å². The van der Waals surface area contributed by atoms with E-state index < -0.39 is 0 Å². The maximum absolute atomic E-state index is 12.0. The van der Waals surface area contributed by atoms with Crippen molar-refractivity contribution in [3.05, 3.63) is 54.1 Å². The van der Waals surface area contributed by atoms with Crippen LogP contribution < -0.4 is 10.6 Å². The Kier molecular flexibility index (Phi) is 5.18. The van der Waals surface area contributed by atoms with E-state index in [0.29, 0.717) is 24.3 Å². The van der Waals surface area contributed by atoms with Crippen LogP contribution in [0.5, 0.6) is 0 Å². The molecule has 3 rings (SSSR count). The number of carbonyl (C=O) groups excluding carboxylic acids is 1. The summed E-state index contributed by atoms with van der Waals surface area (Å²) >= 11 is 0. The predicted octanol–water partition coefficient (Wildman–Crippen LogP) is 3.14. The predicted molar refractivity (Wildman–Crippen MR) is 94.6 cm³/mol. The highest BCUT2D eigenvalue weighted by Gasteiger charge is 2.37. The lowest BCUT2D eigenvalue weighted by Gasteiger charge is -2.11. The Hall–Kier alpha value is -2.30. The van der Waals surface area contributed by atoms with Crippen molar-refractivity contribution in [2.24, 2.45) is 11.8 Å². The zero-order chi connectivity index (χ0) is 16.9. The zero-order valence-electron chi connectivity index (χ0n) is 14.4. The zero-order valence-corrected chi connectivity index (χ0v) is 14.4. The van der Waals surface area contributed by atoms with Crippen LogP contribution in [0.1, 0.15) is 37.6 Å². The number of benzene rings is 1. The van der Waals surface area contributed by atoms with Gasteiger partial charge in [-0.1, -0.05) is 44.2 Å². The van der Waals surface area contributed by atoms with Gasteiger partial charge in [0.1, 0.15) is 5.82 Å². The molecule has 5 nitrogen and oxygen atoms in total. The van der Waals surface area contributed by atoms with Crippen molar-refractivity contribution >= 4 is 6.03 Å². The number of hydrogen-bond donors (Lipinski definition) is 2. The summed E-state index contributed by atoms with van der Waals surface area (Å²) in [7, 11) is 0. The van der Waals surface area contributed by atoms with Gasteiger partial charge in [-0.25, -0.2) is 9.78 Å². The van der Waals surface area contributed by atoms with Crippen molar-refractivity contribution in [1.82, 2.24) is 20.2 Å². The Labute approximate surface area is 143 Å². The summed E-state index contributed by atoms with van der Waals surface area (Å²) in [6, 6.07) is 10.4. The molecule has 2 N–H and O–H groups in total. The second-order valence-corrected chi connectivity index (χ2v) is 6.97. The number of urea groups is 1. The minimum absolute atomic E-state index is 0.118. The molecule has 2 atom stereocenters. The van der Waals surface area contributed by atoms with E-state index in [1.807, 2.05) is 12.3 Å². The topological polar surface area (TPSA) is 59.0 Å². The fourth-order valence-electron chi connectivity index (χ4n) is 3.09. The Balaban J connectivity index is 1.39. The maximum atomic E-state index is 12.0. The van der Waals surface area contributed by atoms with Gasteiger partial charge in [-0.2, -0.15) is 0 Å². The monoisotopic (exact) mass is 326 g/mol. The average molecular weight is 326 g/mol. The van der Waals surface area contributed by atoms with Crippen molar-refractivity contribution < 1.29 is 4.79 Å². The molecule has 128 valence electrons. The van der Waals surface area contributed by atoms with E-state index in [0.717, 1.165) is 25.3 Å². The molecule has 2 aromatic rings. The molecular formula is C19H26N4O. The number of hydrogen-bond acceptors (Lipinski definition) is 2. The average Bonchev–Trinajstić information content (AvgIpc) is 3.23. The standard InChI is InChI=1S/C19H26N4O/c1-14(2)13-23-9-8-20-18(23)12-22-19(24)21-11-16-10-17(16)15-6-4-3-5-7-15/h3-9,14,16-17H,10-13H2,1-2H3,(H2,21,22,24)/t16-,17+/m1/s1. The number of aromatic nitrogens is 2. The molecule has 1 saturated carbocycles. The minimum atomic E-state index is -0.118. The highest BCUT2D eigenvalue weighted by atomic mass is 16.2. The van der Waals surface area contributed by atoms with Crippen molar-refractivity contribution in [3.63, 3.8) is 0 Å². The third-order valence-corrected chi connectivity index (χ3v) is 4.45. The minimum Gasteiger partial charge on any atom is -0.338 e. The van der Waals surface area contributed by atoms with Crippen molar-refractivity contribution in [3.8, 4) is 0 Å². The van der Waals surface area contributed by atoms with Crippen LogP contribution in [0, 0.1) is 11.8 Å². The van der Waals surface area contributed by atoms with E-state index in [1.54, 1.807) is 6.20 Å². The fraction of sp³-hybridized carbons (Fsp3) is 0.474. The molecule has 1 fully saturated rings. The summed E-state index contributed by atoms with van der Waals surface area (Å²) in [4.78, 5) is 16.3. The van der Waals surface area contributed by atoms with E-state index in [2.05, 4.69) is 58.3 Å².